The van der Waals surface area contributed by atoms with E-state index in [1.54, 1.807) is 18.1 Å². The molecule has 0 aromatic carbocycles. The van der Waals surface area contributed by atoms with Gasteiger partial charge in [-0.05, 0) is 26.2 Å². The summed E-state index contributed by atoms with van der Waals surface area (Å²) in [6.07, 6.45) is 5.93. The van der Waals surface area contributed by atoms with E-state index < -0.39 is 5.54 Å². The summed E-state index contributed by atoms with van der Waals surface area (Å²) >= 11 is 0. The van der Waals surface area contributed by atoms with Crippen LogP contribution in [0.5, 0.6) is 0 Å². The van der Waals surface area contributed by atoms with Crippen molar-refractivity contribution >= 4 is 17.8 Å². The summed E-state index contributed by atoms with van der Waals surface area (Å²) in [6, 6.07) is -0.263. The molecular weight excluding hydrogens is 322 g/mol. The Morgan fingerprint density at radius 1 is 1.24 bits per heavy atom. The minimum absolute atomic E-state index is 0.111. The van der Waals surface area contributed by atoms with E-state index in [1.165, 1.54) is 11.9 Å². The number of aryl methyl sites for hydroxylation is 2. The molecule has 25 heavy (non-hydrogen) atoms. The molecule has 4 amide bonds. The smallest absolute Gasteiger partial charge is 0.327 e. The number of likely N-dealkylation sites (tertiary alicyclic amines) is 1. The number of aromatic nitrogens is 2. The first-order valence-corrected chi connectivity index (χ1v) is 8.68. The van der Waals surface area contributed by atoms with Gasteiger partial charge in [-0.25, -0.2) is 9.78 Å². The van der Waals surface area contributed by atoms with Crippen LogP contribution in [0, 0.1) is 6.92 Å². The molecule has 3 heterocycles. The number of hydrogen-bond donors (Lipinski definition) is 0. The van der Waals surface area contributed by atoms with Crippen LogP contribution >= 0.6 is 0 Å². The third-order valence-corrected chi connectivity index (χ3v) is 5.58. The number of nitrogens with zero attached hydrogens (tertiary/aromatic N) is 5. The highest BCUT2D eigenvalue weighted by Crippen LogP contribution is 2.35. The van der Waals surface area contributed by atoms with Crippen molar-refractivity contribution in [3.05, 3.63) is 18.2 Å². The van der Waals surface area contributed by atoms with Crippen LogP contribution < -0.4 is 0 Å². The number of likely N-dealkylation sites (N-methyl/N-ethyl adjacent to an activating group) is 2. The average molecular weight is 347 g/mol. The van der Waals surface area contributed by atoms with Crippen LogP contribution in [0.4, 0.5) is 4.79 Å². The Bertz CT molecular complexity index is 690. The van der Waals surface area contributed by atoms with Gasteiger partial charge in [0.05, 0.1) is 0 Å². The number of urea groups is 1. The number of imide groups is 1. The topological polar surface area (TPSA) is 78.8 Å². The highest BCUT2D eigenvalue weighted by molar-refractivity contribution is 6.06. The van der Waals surface area contributed by atoms with Crippen molar-refractivity contribution in [1.82, 2.24) is 24.3 Å². The summed E-state index contributed by atoms with van der Waals surface area (Å²) in [6.45, 7) is 3.75. The average Bonchev–Trinajstić information content (AvgIpc) is 3.09. The molecule has 0 aliphatic carbocycles. The summed E-state index contributed by atoms with van der Waals surface area (Å²) in [5, 5.41) is 0. The summed E-state index contributed by atoms with van der Waals surface area (Å²) in [5.41, 5.74) is -0.767. The SMILES string of the molecule is Cc1nccn1CCCC(=O)N1CCC2(CC1)C(=O)N(C)C(=O)N2C. The lowest BCUT2D eigenvalue weighted by atomic mass is 9.86. The monoisotopic (exact) mass is 347 g/mol. The highest BCUT2D eigenvalue weighted by Gasteiger charge is 2.55. The third-order valence-electron chi connectivity index (χ3n) is 5.58. The Balaban J connectivity index is 1.52. The molecule has 3 rings (SSSR count). The highest BCUT2D eigenvalue weighted by atomic mass is 16.2. The summed E-state index contributed by atoms with van der Waals surface area (Å²) < 4.78 is 2.03. The molecule has 8 nitrogen and oxygen atoms in total. The molecule has 0 atom stereocenters. The molecule has 2 fully saturated rings. The normalized spacial score (nSPS) is 20.0. The van der Waals surface area contributed by atoms with Crippen molar-refractivity contribution in [2.75, 3.05) is 27.2 Å². The van der Waals surface area contributed by atoms with E-state index in [2.05, 4.69) is 4.98 Å². The summed E-state index contributed by atoms with van der Waals surface area (Å²) in [4.78, 5) is 45.6. The lowest BCUT2D eigenvalue weighted by molar-refractivity contribution is -0.140. The van der Waals surface area contributed by atoms with Crippen LogP contribution in [0.2, 0.25) is 0 Å². The van der Waals surface area contributed by atoms with Crippen LogP contribution in [0.25, 0.3) is 0 Å². The molecule has 1 aromatic heterocycles. The Morgan fingerprint density at radius 2 is 1.92 bits per heavy atom. The molecule has 0 radical (unpaired) electrons. The van der Waals surface area contributed by atoms with Crippen LogP contribution in [0.3, 0.4) is 0 Å². The number of carbonyl (C=O) groups excluding carboxylic acids is 3. The van der Waals surface area contributed by atoms with Gasteiger partial charge in [-0.2, -0.15) is 0 Å². The first-order chi connectivity index (χ1) is 11.9. The molecular formula is C17H25N5O3. The first-order valence-electron chi connectivity index (χ1n) is 8.68. The fraction of sp³-hybridized carbons (Fsp3) is 0.647. The molecule has 136 valence electrons. The van der Waals surface area contributed by atoms with Crippen molar-refractivity contribution in [1.29, 1.82) is 0 Å². The van der Waals surface area contributed by atoms with Crippen molar-refractivity contribution < 1.29 is 14.4 Å². The predicted molar refractivity (Wildman–Crippen MR) is 90.7 cm³/mol. The zero-order valence-corrected chi connectivity index (χ0v) is 15.1. The van der Waals surface area contributed by atoms with Gasteiger partial charge in [-0.1, -0.05) is 0 Å². The van der Waals surface area contributed by atoms with Gasteiger partial charge in [0.1, 0.15) is 11.4 Å². The van der Waals surface area contributed by atoms with Gasteiger partial charge in [-0.15, -0.1) is 0 Å². The first kappa shape index (κ1) is 17.4. The lowest BCUT2D eigenvalue weighted by Crippen LogP contribution is -2.56. The number of amides is 4. The Kier molecular flexibility index (Phi) is 4.53. The second kappa shape index (κ2) is 6.50. The molecule has 0 bridgehead atoms. The van der Waals surface area contributed by atoms with Crippen LogP contribution in [-0.4, -0.2) is 74.8 Å². The van der Waals surface area contributed by atoms with Gasteiger partial charge < -0.3 is 14.4 Å². The zero-order valence-electron chi connectivity index (χ0n) is 15.1. The van der Waals surface area contributed by atoms with Gasteiger partial charge in [0.15, 0.2) is 0 Å². The molecule has 2 saturated heterocycles. The Morgan fingerprint density at radius 3 is 2.44 bits per heavy atom. The molecule has 8 heteroatoms. The van der Waals surface area contributed by atoms with E-state index >= 15 is 0 Å². The van der Waals surface area contributed by atoms with Crippen molar-refractivity contribution in [2.45, 2.75) is 44.7 Å². The second-order valence-corrected chi connectivity index (χ2v) is 6.89. The van der Waals surface area contributed by atoms with Crippen molar-refractivity contribution in [2.24, 2.45) is 0 Å². The van der Waals surface area contributed by atoms with E-state index in [4.69, 9.17) is 0 Å². The lowest BCUT2D eigenvalue weighted by Gasteiger charge is -2.40. The van der Waals surface area contributed by atoms with Gasteiger partial charge in [0, 0.05) is 52.5 Å². The van der Waals surface area contributed by atoms with Crippen molar-refractivity contribution in [3.8, 4) is 0 Å². The predicted octanol–water partition coefficient (Wildman–Crippen LogP) is 0.857. The maximum Gasteiger partial charge on any atom is 0.327 e. The maximum atomic E-state index is 12.5. The maximum absolute atomic E-state index is 12.5. The van der Waals surface area contributed by atoms with Gasteiger partial charge in [0.2, 0.25) is 5.91 Å². The molecule has 0 unspecified atom stereocenters. The van der Waals surface area contributed by atoms with Crippen LogP contribution in [0.1, 0.15) is 31.5 Å². The van der Waals surface area contributed by atoms with E-state index in [9.17, 15) is 14.4 Å². The van der Waals surface area contributed by atoms with E-state index in [-0.39, 0.29) is 17.8 Å². The number of imidazole rings is 1. The van der Waals surface area contributed by atoms with Crippen LogP contribution in [0.15, 0.2) is 12.4 Å². The van der Waals surface area contributed by atoms with Crippen LogP contribution in [-0.2, 0) is 16.1 Å². The Hall–Kier alpha value is -2.38. The van der Waals surface area contributed by atoms with E-state index in [1.807, 2.05) is 22.6 Å². The fourth-order valence-corrected chi connectivity index (χ4v) is 3.82. The molecule has 1 spiro atoms. The summed E-state index contributed by atoms with van der Waals surface area (Å²) in [7, 11) is 3.19. The van der Waals surface area contributed by atoms with Crippen molar-refractivity contribution in [3.63, 3.8) is 0 Å². The summed E-state index contributed by atoms with van der Waals surface area (Å²) in [5.74, 6) is 0.909. The minimum Gasteiger partial charge on any atom is -0.342 e. The molecule has 1 aromatic rings. The van der Waals surface area contributed by atoms with E-state index in [0.29, 0.717) is 32.4 Å². The largest absolute Gasteiger partial charge is 0.342 e. The van der Waals surface area contributed by atoms with Gasteiger partial charge in [-0.3, -0.25) is 14.5 Å². The van der Waals surface area contributed by atoms with E-state index in [0.717, 1.165) is 18.8 Å². The number of hydrogen-bond acceptors (Lipinski definition) is 4. The minimum atomic E-state index is -0.767. The third kappa shape index (κ3) is 2.89. The molecule has 2 aliphatic rings. The molecule has 2 aliphatic heterocycles. The second-order valence-electron chi connectivity index (χ2n) is 6.89. The van der Waals surface area contributed by atoms with Gasteiger partial charge in [0.25, 0.3) is 5.91 Å². The van der Waals surface area contributed by atoms with Gasteiger partial charge >= 0.3 is 6.03 Å². The molecule has 0 N–H and O–H groups in total. The quantitative estimate of drug-likeness (QED) is 0.757. The zero-order chi connectivity index (χ0) is 18.2. The number of rotatable bonds is 4. The Labute approximate surface area is 147 Å². The molecule has 0 saturated carbocycles. The number of carbonyl (C=O) groups is 3. The fourth-order valence-electron chi connectivity index (χ4n) is 3.82. The number of piperidine rings is 1. The standard InChI is InChI=1S/C17H25N5O3/c1-13-18-8-12-21(13)9-4-5-14(23)22-10-6-17(7-11-22)15(24)19(2)16(25)20(17)3/h8,12H,4-7,9-11H2,1-3H3.